The molecule has 39 heavy (non-hydrogen) atoms. The fraction of sp³-hybridized carbons (Fsp3) is 0.733. The standard InChI is InChI=1S/C30H52N2O7/c1-10-11-15-25(31(8)21-27(33)38-29(2,3)4)20-32(22-28(34)39-30(5,6)7)19-24-14-12-13-16-26(24)37-23-36-18-17-35-9/h12-14,16,25H,10-11,15,17-23H2,1-9H3. The van der Waals surface area contributed by atoms with Crippen molar-refractivity contribution in [3.05, 3.63) is 29.8 Å². The summed E-state index contributed by atoms with van der Waals surface area (Å²) in [7, 11) is 3.56. The minimum atomic E-state index is -0.585. The Bertz CT molecular complexity index is 848. The summed E-state index contributed by atoms with van der Waals surface area (Å²) in [5.74, 6) is 0.126. The summed E-state index contributed by atoms with van der Waals surface area (Å²) in [5.41, 5.74) is -0.199. The van der Waals surface area contributed by atoms with Gasteiger partial charge in [0, 0.05) is 31.8 Å². The monoisotopic (exact) mass is 552 g/mol. The Morgan fingerprint density at radius 3 is 2.13 bits per heavy atom. The molecule has 0 saturated carbocycles. The number of esters is 2. The molecule has 0 radical (unpaired) electrons. The average molecular weight is 553 g/mol. The molecule has 0 aliphatic carbocycles. The van der Waals surface area contributed by atoms with Crippen LogP contribution in [0.4, 0.5) is 0 Å². The van der Waals surface area contributed by atoms with Gasteiger partial charge in [0.25, 0.3) is 0 Å². The Labute approximate surface area is 236 Å². The van der Waals surface area contributed by atoms with Gasteiger partial charge in [0.05, 0.1) is 26.3 Å². The molecule has 0 saturated heterocycles. The third-order valence-electron chi connectivity index (χ3n) is 5.65. The van der Waals surface area contributed by atoms with Crippen molar-refractivity contribution in [1.82, 2.24) is 9.80 Å². The second kappa shape index (κ2) is 17.5. The molecule has 1 aromatic carbocycles. The number of para-hydroxylation sites is 1. The van der Waals surface area contributed by atoms with Crippen molar-refractivity contribution in [3.8, 4) is 5.75 Å². The van der Waals surface area contributed by atoms with Gasteiger partial charge in [0.2, 0.25) is 0 Å². The molecule has 0 aliphatic heterocycles. The van der Waals surface area contributed by atoms with E-state index in [0.717, 1.165) is 24.8 Å². The van der Waals surface area contributed by atoms with Gasteiger partial charge in [-0.15, -0.1) is 0 Å². The third kappa shape index (κ3) is 16.5. The van der Waals surface area contributed by atoms with Gasteiger partial charge in [-0.05, 0) is 61.1 Å². The Balaban J connectivity index is 3.10. The van der Waals surface area contributed by atoms with Crippen molar-refractivity contribution >= 4 is 11.9 Å². The molecule has 1 rings (SSSR count). The number of carbonyl (C=O) groups is 2. The minimum absolute atomic E-state index is 0.0327. The molecule has 224 valence electrons. The molecule has 0 bridgehead atoms. The average Bonchev–Trinajstić information content (AvgIpc) is 2.79. The van der Waals surface area contributed by atoms with Crippen LogP contribution in [0.2, 0.25) is 0 Å². The van der Waals surface area contributed by atoms with Crippen LogP contribution in [0.25, 0.3) is 0 Å². The summed E-state index contributed by atoms with van der Waals surface area (Å²) in [4.78, 5) is 29.6. The summed E-state index contributed by atoms with van der Waals surface area (Å²) in [6, 6.07) is 7.76. The molecule has 0 heterocycles. The first-order valence-corrected chi connectivity index (χ1v) is 13.9. The molecule has 0 aliphatic rings. The van der Waals surface area contributed by atoms with Crippen LogP contribution in [-0.4, -0.2) is 92.8 Å². The highest BCUT2D eigenvalue weighted by Gasteiger charge is 2.26. The lowest BCUT2D eigenvalue weighted by Gasteiger charge is -2.34. The predicted octanol–water partition coefficient (Wildman–Crippen LogP) is 4.66. The van der Waals surface area contributed by atoms with E-state index in [1.165, 1.54) is 0 Å². The maximum atomic E-state index is 12.9. The van der Waals surface area contributed by atoms with Crippen molar-refractivity contribution in [2.75, 3.05) is 53.8 Å². The van der Waals surface area contributed by atoms with Crippen LogP contribution in [0.1, 0.15) is 73.3 Å². The zero-order valence-electron chi connectivity index (χ0n) is 25.7. The van der Waals surface area contributed by atoms with E-state index in [0.29, 0.717) is 32.1 Å². The van der Waals surface area contributed by atoms with E-state index in [2.05, 4.69) is 11.8 Å². The Kier molecular flexibility index (Phi) is 15.6. The lowest BCUT2D eigenvalue weighted by molar-refractivity contribution is -0.158. The van der Waals surface area contributed by atoms with E-state index in [4.69, 9.17) is 23.7 Å². The van der Waals surface area contributed by atoms with Crippen LogP contribution in [0.3, 0.4) is 0 Å². The molecule has 1 aromatic rings. The van der Waals surface area contributed by atoms with Crippen LogP contribution in [0, 0.1) is 0 Å². The summed E-state index contributed by atoms with van der Waals surface area (Å²) in [5, 5.41) is 0. The highest BCUT2D eigenvalue weighted by molar-refractivity contribution is 5.72. The molecular weight excluding hydrogens is 500 g/mol. The van der Waals surface area contributed by atoms with Crippen LogP contribution < -0.4 is 4.74 Å². The van der Waals surface area contributed by atoms with E-state index < -0.39 is 11.2 Å². The van der Waals surface area contributed by atoms with Gasteiger partial charge in [-0.2, -0.15) is 0 Å². The maximum Gasteiger partial charge on any atom is 0.320 e. The highest BCUT2D eigenvalue weighted by atomic mass is 16.7. The lowest BCUT2D eigenvalue weighted by atomic mass is 10.1. The quantitative estimate of drug-likeness (QED) is 0.147. The zero-order valence-corrected chi connectivity index (χ0v) is 25.7. The Morgan fingerprint density at radius 1 is 0.923 bits per heavy atom. The van der Waals surface area contributed by atoms with Crippen LogP contribution in [0.5, 0.6) is 5.75 Å². The van der Waals surface area contributed by atoms with E-state index in [1.807, 2.05) is 77.8 Å². The highest BCUT2D eigenvalue weighted by Crippen LogP contribution is 2.22. The minimum Gasteiger partial charge on any atom is -0.467 e. The first kappa shape index (κ1) is 34.8. The number of hydrogen-bond donors (Lipinski definition) is 0. The number of ether oxygens (including phenoxy) is 5. The van der Waals surface area contributed by atoms with Crippen LogP contribution in [0.15, 0.2) is 24.3 Å². The largest absolute Gasteiger partial charge is 0.467 e. The first-order valence-electron chi connectivity index (χ1n) is 13.9. The number of carbonyl (C=O) groups excluding carboxylic acids is 2. The topological polar surface area (TPSA) is 86.8 Å². The van der Waals surface area contributed by atoms with Gasteiger partial charge in [-0.1, -0.05) is 38.0 Å². The van der Waals surface area contributed by atoms with Crippen molar-refractivity contribution in [2.45, 2.75) is 91.5 Å². The molecule has 0 fully saturated rings. The molecule has 0 aromatic heterocycles. The van der Waals surface area contributed by atoms with Crippen LogP contribution >= 0.6 is 0 Å². The summed E-state index contributed by atoms with van der Waals surface area (Å²) >= 11 is 0. The molecule has 1 unspecified atom stereocenters. The fourth-order valence-corrected chi connectivity index (χ4v) is 3.96. The zero-order chi connectivity index (χ0) is 29.5. The Morgan fingerprint density at radius 2 is 1.54 bits per heavy atom. The molecular formula is C30H52N2O7. The van der Waals surface area contributed by atoms with E-state index in [9.17, 15) is 9.59 Å². The number of nitrogens with zero attached hydrogens (tertiary/aromatic N) is 2. The molecule has 0 spiro atoms. The van der Waals surface area contributed by atoms with Crippen molar-refractivity contribution < 1.29 is 33.3 Å². The molecule has 0 N–H and O–H groups in total. The molecule has 9 nitrogen and oxygen atoms in total. The summed E-state index contributed by atoms with van der Waals surface area (Å²) in [6.45, 7) is 15.7. The lowest BCUT2D eigenvalue weighted by Crippen LogP contribution is -2.46. The van der Waals surface area contributed by atoms with Crippen molar-refractivity contribution in [2.24, 2.45) is 0 Å². The third-order valence-corrected chi connectivity index (χ3v) is 5.65. The molecule has 0 amide bonds. The van der Waals surface area contributed by atoms with Gasteiger partial charge < -0.3 is 23.7 Å². The smallest absolute Gasteiger partial charge is 0.320 e. The Hall–Kier alpha value is -2.20. The second-order valence-corrected chi connectivity index (χ2v) is 11.8. The molecule has 9 heteroatoms. The van der Waals surface area contributed by atoms with Crippen molar-refractivity contribution in [1.29, 1.82) is 0 Å². The van der Waals surface area contributed by atoms with Gasteiger partial charge >= 0.3 is 11.9 Å². The fourth-order valence-electron chi connectivity index (χ4n) is 3.96. The van der Waals surface area contributed by atoms with Gasteiger partial charge in [-0.25, -0.2) is 0 Å². The normalized spacial score (nSPS) is 13.0. The summed E-state index contributed by atoms with van der Waals surface area (Å²) in [6.07, 6.45) is 2.91. The second-order valence-electron chi connectivity index (χ2n) is 11.8. The number of unbranched alkanes of at least 4 members (excludes halogenated alkanes) is 1. The number of likely N-dealkylation sites (N-methyl/N-ethyl adjacent to an activating group) is 1. The van der Waals surface area contributed by atoms with Gasteiger partial charge in [-0.3, -0.25) is 19.4 Å². The predicted molar refractivity (Wildman–Crippen MR) is 153 cm³/mol. The first-order chi connectivity index (χ1) is 18.2. The van der Waals surface area contributed by atoms with Crippen LogP contribution in [-0.2, 0) is 35.1 Å². The van der Waals surface area contributed by atoms with Crippen molar-refractivity contribution in [3.63, 3.8) is 0 Å². The van der Waals surface area contributed by atoms with E-state index in [-0.39, 0.29) is 37.9 Å². The SMILES string of the molecule is CCCCC(CN(CC(=O)OC(C)(C)C)Cc1ccccc1OCOCCOC)N(C)CC(=O)OC(C)(C)C. The number of benzene rings is 1. The maximum absolute atomic E-state index is 12.9. The van der Waals surface area contributed by atoms with Gasteiger partial charge in [0.15, 0.2) is 6.79 Å². The number of hydrogen-bond acceptors (Lipinski definition) is 9. The van der Waals surface area contributed by atoms with E-state index >= 15 is 0 Å². The number of methoxy groups -OCH3 is 1. The van der Waals surface area contributed by atoms with Gasteiger partial charge in [0.1, 0.15) is 17.0 Å². The van der Waals surface area contributed by atoms with E-state index in [1.54, 1.807) is 7.11 Å². The number of rotatable bonds is 18. The summed E-state index contributed by atoms with van der Waals surface area (Å²) < 4.78 is 27.6. The molecule has 1 atom stereocenters.